The number of fused-ring (bicyclic) bond motifs is 2. The molecule has 0 saturated carbocycles. The topological polar surface area (TPSA) is 75.1 Å². The molecule has 2 aromatic heterocycles. The third kappa shape index (κ3) is 4.41. The molecule has 0 aliphatic carbocycles. The number of thioether (sulfide) groups is 1. The second-order valence-electron chi connectivity index (χ2n) is 6.66. The van der Waals surface area contributed by atoms with Gasteiger partial charge in [-0.05, 0) is 24.3 Å². The van der Waals surface area contributed by atoms with E-state index in [4.69, 9.17) is 0 Å². The second-order valence-corrected chi connectivity index (χ2v) is 7.78. The number of phenols is 1. The molecule has 31 heavy (non-hydrogen) atoms. The van der Waals surface area contributed by atoms with Gasteiger partial charge in [0.2, 0.25) is 0 Å². The quantitative estimate of drug-likeness (QED) is 0.334. The van der Waals surface area contributed by atoms with Gasteiger partial charge in [0, 0.05) is 29.3 Å². The third-order valence-electron chi connectivity index (χ3n) is 4.63. The average Bonchev–Trinajstić information content (AvgIpc) is 2.76. The van der Waals surface area contributed by atoms with Gasteiger partial charge < -0.3 is 10.4 Å². The number of pyridine rings is 2. The van der Waals surface area contributed by atoms with E-state index in [9.17, 15) is 23.1 Å². The van der Waals surface area contributed by atoms with Crippen LogP contribution in [-0.2, 0) is 6.18 Å². The van der Waals surface area contributed by atoms with E-state index in [-0.39, 0.29) is 33.8 Å². The van der Waals surface area contributed by atoms with E-state index in [0.29, 0.717) is 16.7 Å². The molecular weight excluding hydrogens is 427 g/mol. The molecule has 5 nitrogen and oxygen atoms in total. The summed E-state index contributed by atoms with van der Waals surface area (Å²) in [5, 5.41) is 13.9. The molecule has 1 amide bonds. The minimum absolute atomic E-state index is 0.0491. The maximum absolute atomic E-state index is 13.4. The zero-order chi connectivity index (χ0) is 22.0. The average molecular weight is 443 g/mol. The van der Waals surface area contributed by atoms with Crippen molar-refractivity contribution in [2.75, 3.05) is 12.3 Å². The molecule has 9 heteroatoms. The highest BCUT2D eigenvalue weighted by Gasteiger charge is 2.33. The van der Waals surface area contributed by atoms with Crippen LogP contribution < -0.4 is 5.32 Å². The van der Waals surface area contributed by atoms with E-state index in [1.807, 2.05) is 0 Å². The first-order chi connectivity index (χ1) is 14.8. The first kappa shape index (κ1) is 20.9. The molecule has 0 atom stereocenters. The Hall–Kier alpha value is -3.33. The van der Waals surface area contributed by atoms with E-state index < -0.39 is 17.6 Å². The number of para-hydroxylation sites is 1. The van der Waals surface area contributed by atoms with E-state index >= 15 is 0 Å². The lowest BCUT2D eigenvalue weighted by molar-refractivity contribution is -0.136. The van der Waals surface area contributed by atoms with Crippen molar-refractivity contribution in [1.82, 2.24) is 15.3 Å². The van der Waals surface area contributed by atoms with Crippen LogP contribution in [0.1, 0.15) is 15.9 Å². The van der Waals surface area contributed by atoms with Crippen molar-refractivity contribution >= 4 is 39.5 Å². The molecule has 2 heterocycles. The smallest absolute Gasteiger partial charge is 0.417 e. The van der Waals surface area contributed by atoms with Crippen molar-refractivity contribution in [1.29, 1.82) is 0 Å². The molecule has 0 spiro atoms. The van der Waals surface area contributed by atoms with Gasteiger partial charge in [0.25, 0.3) is 5.91 Å². The highest BCUT2D eigenvalue weighted by molar-refractivity contribution is 7.99. The number of benzene rings is 2. The maximum atomic E-state index is 13.4. The normalized spacial score (nSPS) is 11.7. The van der Waals surface area contributed by atoms with Gasteiger partial charge in [-0.15, -0.1) is 11.8 Å². The number of phenolic OH excluding ortho intramolecular Hbond substituents is 1. The summed E-state index contributed by atoms with van der Waals surface area (Å²) in [4.78, 5) is 20.8. The van der Waals surface area contributed by atoms with Crippen LogP contribution in [0.5, 0.6) is 5.75 Å². The molecule has 0 aliphatic heterocycles. The molecule has 0 unspecified atom stereocenters. The van der Waals surface area contributed by atoms with Crippen molar-refractivity contribution in [2.24, 2.45) is 0 Å². The van der Waals surface area contributed by atoms with Crippen molar-refractivity contribution in [2.45, 2.75) is 11.2 Å². The zero-order valence-corrected chi connectivity index (χ0v) is 16.8. The Bertz CT molecular complexity index is 1280. The third-order valence-corrected chi connectivity index (χ3v) is 5.54. The Kier molecular flexibility index (Phi) is 5.69. The van der Waals surface area contributed by atoms with E-state index in [2.05, 4.69) is 15.3 Å². The number of amides is 1. The van der Waals surface area contributed by atoms with Gasteiger partial charge in [0.15, 0.2) is 5.75 Å². The number of aromatic nitrogens is 2. The van der Waals surface area contributed by atoms with Crippen LogP contribution in [0.2, 0.25) is 0 Å². The van der Waals surface area contributed by atoms with Crippen LogP contribution in [0.3, 0.4) is 0 Å². The Morgan fingerprint density at radius 3 is 2.71 bits per heavy atom. The van der Waals surface area contributed by atoms with Crippen LogP contribution in [0.25, 0.3) is 21.8 Å². The molecule has 2 aromatic carbocycles. The fourth-order valence-corrected chi connectivity index (χ4v) is 3.97. The minimum atomic E-state index is -4.49. The Balaban J connectivity index is 1.44. The summed E-state index contributed by atoms with van der Waals surface area (Å²) in [6.07, 6.45) is -2.97. The predicted molar refractivity (Wildman–Crippen MR) is 113 cm³/mol. The molecule has 0 fully saturated rings. The van der Waals surface area contributed by atoms with Crippen LogP contribution in [0.4, 0.5) is 13.2 Å². The standard InChI is InChI=1S/C22H16F3N3O2S/c23-22(24,25)16-12-18(28-17-6-2-1-5-14(16)17)31-11-10-27-21(30)15-8-7-13-4-3-9-26-19(13)20(15)29/h1-9,12,29H,10-11H2,(H,27,30). The van der Waals surface area contributed by atoms with Gasteiger partial charge in [-0.2, -0.15) is 13.2 Å². The Morgan fingerprint density at radius 2 is 1.90 bits per heavy atom. The number of halogens is 3. The van der Waals surface area contributed by atoms with Gasteiger partial charge in [-0.1, -0.05) is 30.3 Å². The van der Waals surface area contributed by atoms with E-state index in [1.165, 1.54) is 24.4 Å². The van der Waals surface area contributed by atoms with Gasteiger partial charge >= 0.3 is 6.18 Å². The van der Waals surface area contributed by atoms with E-state index in [1.54, 1.807) is 30.3 Å². The van der Waals surface area contributed by atoms with Gasteiger partial charge in [0.05, 0.1) is 21.7 Å². The molecule has 4 rings (SSSR count). The monoisotopic (exact) mass is 443 g/mol. The molecule has 158 valence electrons. The zero-order valence-electron chi connectivity index (χ0n) is 16.0. The van der Waals surface area contributed by atoms with Crippen molar-refractivity contribution in [3.05, 3.63) is 71.9 Å². The number of alkyl halides is 3. The number of carbonyl (C=O) groups is 1. The summed E-state index contributed by atoms with van der Waals surface area (Å²) < 4.78 is 40.2. The van der Waals surface area contributed by atoms with Crippen LogP contribution in [0, 0.1) is 0 Å². The largest absolute Gasteiger partial charge is 0.505 e. The summed E-state index contributed by atoms with van der Waals surface area (Å²) >= 11 is 1.11. The first-order valence-corrected chi connectivity index (χ1v) is 10.3. The Morgan fingerprint density at radius 1 is 1.10 bits per heavy atom. The maximum Gasteiger partial charge on any atom is 0.417 e. The number of aromatic hydroxyl groups is 1. The SMILES string of the molecule is O=C(NCCSc1cc(C(F)(F)F)c2ccccc2n1)c1ccc2cccnc2c1O. The summed E-state index contributed by atoms with van der Waals surface area (Å²) in [6.45, 7) is 0.180. The fraction of sp³-hybridized carbons (Fsp3) is 0.136. The van der Waals surface area contributed by atoms with Crippen LogP contribution in [0.15, 0.2) is 65.8 Å². The fourth-order valence-electron chi connectivity index (χ4n) is 3.19. The highest BCUT2D eigenvalue weighted by Crippen LogP contribution is 2.36. The number of hydrogen-bond donors (Lipinski definition) is 2. The molecule has 0 saturated heterocycles. The summed E-state index contributed by atoms with van der Waals surface area (Å²) in [5.74, 6) is -0.400. The number of carbonyl (C=O) groups excluding carboxylic acids is 1. The molecule has 0 radical (unpaired) electrons. The van der Waals surface area contributed by atoms with E-state index in [0.717, 1.165) is 17.8 Å². The molecule has 2 N–H and O–H groups in total. The predicted octanol–water partition coefficient (Wildman–Crippen LogP) is 5.03. The number of nitrogens with one attached hydrogen (secondary N) is 1. The summed E-state index contributed by atoms with van der Waals surface area (Å²) in [6, 6.07) is 13.8. The molecule has 4 aromatic rings. The van der Waals surface area contributed by atoms with Crippen molar-refractivity contribution < 1.29 is 23.1 Å². The minimum Gasteiger partial charge on any atom is -0.505 e. The van der Waals surface area contributed by atoms with Crippen LogP contribution >= 0.6 is 11.8 Å². The number of nitrogens with zero attached hydrogens (tertiary/aromatic N) is 2. The van der Waals surface area contributed by atoms with Crippen molar-refractivity contribution in [3.63, 3.8) is 0 Å². The molecule has 0 bridgehead atoms. The molecular formula is C22H16F3N3O2S. The van der Waals surface area contributed by atoms with Gasteiger partial charge in [0.1, 0.15) is 5.52 Å². The number of rotatable bonds is 5. The lowest BCUT2D eigenvalue weighted by Gasteiger charge is -2.12. The first-order valence-electron chi connectivity index (χ1n) is 9.29. The van der Waals surface area contributed by atoms with Gasteiger partial charge in [-0.25, -0.2) is 4.98 Å². The van der Waals surface area contributed by atoms with Crippen LogP contribution in [-0.4, -0.2) is 33.3 Å². The summed E-state index contributed by atoms with van der Waals surface area (Å²) in [7, 11) is 0. The lowest BCUT2D eigenvalue weighted by atomic mass is 10.1. The van der Waals surface area contributed by atoms with Crippen molar-refractivity contribution in [3.8, 4) is 5.75 Å². The summed E-state index contributed by atoms with van der Waals surface area (Å²) in [5.41, 5.74) is -0.0698. The lowest BCUT2D eigenvalue weighted by Crippen LogP contribution is -2.25. The van der Waals surface area contributed by atoms with Gasteiger partial charge in [-0.3, -0.25) is 9.78 Å². The molecule has 0 aliphatic rings. The second kappa shape index (κ2) is 8.43. The number of hydrogen-bond acceptors (Lipinski definition) is 5. The highest BCUT2D eigenvalue weighted by atomic mass is 32.2. The Labute approximate surface area is 179 Å².